The van der Waals surface area contributed by atoms with Crippen molar-refractivity contribution < 1.29 is 0 Å². The molecule has 0 bridgehead atoms. The fourth-order valence-electron chi connectivity index (χ4n) is 1.14. The highest BCUT2D eigenvalue weighted by Crippen LogP contribution is 2.25. The van der Waals surface area contributed by atoms with Crippen molar-refractivity contribution in [3.8, 4) is 0 Å². The van der Waals surface area contributed by atoms with Crippen LogP contribution in [-0.4, -0.2) is 20.2 Å². The van der Waals surface area contributed by atoms with E-state index in [9.17, 15) is 0 Å². The Hall–Kier alpha value is -1.40. The van der Waals surface area contributed by atoms with Gasteiger partial charge in [-0.3, -0.25) is 5.10 Å². The van der Waals surface area contributed by atoms with Crippen LogP contribution in [0.4, 0.5) is 0 Å². The van der Waals surface area contributed by atoms with Crippen LogP contribution in [0, 0.1) is 6.92 Å². The molecule has 0 radical (unpaired) electrons. The molecule has 2 heterocycles. The molecule has 0 saturated carbocycles. The molecular weight excluding hydrogens is 210 g/mol. The monoisotopic (exact) mass is 221 g/mol. The minimum Gasteiger partial charge on any atom is -0.326 e. The normalized spacial score (nSPS) is 10.5. The summed E-state index contributed by atoms with van der Waals surface area (Å²) in [5.41, 5.74) is 7.61. The van der Waals surface area contributed by atoms with Crippen molar-refractivity contribution in [2.24, 2.45) is 5.73 Å². The van der Waals surface area contributed by atoms with Crippen LogP contribution in [0.25, 0.3) is 0 Å². The van der Waals surface area contributed by atoms with Gasteiger partial charge in [-0.05, 0) is 30.3 Å². The van der Waals surface area contributed by atoms with Gasteiger partial charge in [-0.2, -0.15) is 5.10 Å². The lowest BCUT2D eigenvalue weighted by Gasteiger charge is -2.04. The zero-order chi connectivity index (χ0) is 10.7. The van der Waals surface area contributed by atoms with Gasteiger partial charge in [0.25, 0.3) is 0 Å². The van der Waals surface area contributed by atoms with Crippen molar-refractivity contribution in [1.82, 2.24) is 20.2 Å². The third-order valence-electron chi connectivity index (χ3n) is 1.88. The lowest BCUT2D eigenvalue weighted by molar-refractivity contribution is 0.924. The summed E-state index contributed by atoms with van der Waals surface area (Å²) in [6.07, 6.45) is 1.47. The molecule has 0 unspecified atom stereocenters. The smallest absolute Gasteiger partial charge is 0.189 e. The second kappa shape index (κ2) is 4.41. The predicted molar refractivity (Wildman–Crippen MR) is 57.4 cm³/mol. The zero-order valence-corrected chi connectivity index (χ0v) is 9.08. The van der Waals surface area contributed by atoms with Crippen molar-refractivity contribution in [3.63, 3.8) is 0 Å². The van der Waals surface area contributed by atoms with E-state index in [-0.39, 0.29) is 0 Å². The Labute approximate surface area is 91.5 Å². The number of hydrogen-bond donors (Lipinski definition) is 2. The first-order chi connectivity index (χ1) is 7.29. The molecule has 15 heavy (non-hydrogen) atoms. The third-order valence-corrected chi connectivity index (χ3v) is 2.82. The SMILES string of the molecule is Cc1ccc(CN)c(Sc2ncn[nH]2)n1. The molecular formula is C9H11N5S. The number of nitrogens with one attached hydrogen (secondary N) is 1. The average molecular weight is 221 g/mol. The molecule has 0 fully saturated rings. The first kappa shape index (κ1) is 10.1. The van der Waals surface area contributed by atoms with Crippen LogP contribution < -0.4 is 5.73 Å². The summed E-state index contributed by atoms with van der Waals surface area (Å²) in [7, 11) is 0. The minimum atomic E-state index is 0.476. The van der Waals surface area contributed by atoms with Crippen molar-refractivity contribution in [3.05, 3.63) is 29.7 Å². The Morgan fingerprint density at radius 2 is 2.33 bits per heavy atom. The predicted octanol–water partition coefficient (Wildman–Crippen LogP) is 1.12. The molecule has 78 valence electrons. The van der Waals surface area contributed by atoms with Gasteiger partial charge in [0.1, 0.15) is 11.4 Å². The number of aromatic amines is 1. The maximum atomic E-state index is 5.63. The summed E-state index contributed by atoms with van der Waals surface area (Å²) in [6, 6.07) is 3.94. The molecule has 2 aromatic heterocycles. The van der Waals surface area contributed by atoms with Gasteiger partial charge in [0.05, 0.1) is 0 Å². The number of hydrogen-bond acceptors (Lipinski definition) is 5. The molecule has 6 heteroatoms. The van der Waals surface area contributed by atoms with Crippen LogP contribution in [-0.2, 0) is 6.54 Å². The second-order valence-electron chi connectivity index (χ2n) is 3.01. The molecule has 2 aromatic rings. The van der Waals surface area contributed by atoms with Gasteiger partial charge in [0, 0.05) is 12.2 Å². The van der Waals surface area contributed by atoms with Crippen molar-refractivity contribution >= 4 is 11.8 Å². The van der Waals surface area contributed by atoms with E-state index in [4.69, 9.17) is 5.73 Å². The number of aromatic nitrogens is 4. The fraction of sp³-hybridized carbons (Fsp3) is 0.222. The van der Waals surface area contributed by atoms with E-state index in [0.717, 1.165) is 21.4 Å². The van der Waals surface area contributed by atoms with Crippen LogP contribution in [0.2, 0.25) is 0 Å². The lowest BCUT2D eigenvalue weighted by atomic mass is 10.2. The van der Waals surface area contributed by atoms with Crippen LogP contribution in [0.1, 0.15) is 11.3 Å². The Balaban J connectivity index is 2.30. The van der Waals surface area contributed by atoms with E-state index in [1.807, 2.05) is 19.1 Å². The van der Waals surface area contributed by atoms with Gasteiger partial charge in [-0.25, -0.2) is 9.97 Å². The maximum absolute atomic E-state index is 5.63. The first-order valence-corrected chi connectivity index (χ1v) is 5.31. The minimum absolute atomic E-state index is 0.476. The van der Waals surface area contributed by atoms with Gasteiger partial charge >= 0.3 is 0 Å². The van der Waals surface area contributed by atoms with Crippen LogP contribution in [0.15, 0.2) is 28.6 Å². The number of rotatable bonds is 3. The molecule has 0 amide bonds. The number of aryl methyl sites for hydroxylation is 1. The Bertz CT molecular complexity index is 440. The van der Waals surface area contributed by atoms with Gasteiger partial charge in [-0.1, -0.05) is 6.07 Å². The van der Waals surface area contributed by atoms with E-state index in [1.54, 1.807) is 0 Å². The van der Waals surface area contributed by atoms with Gasteiger partial charge in [0.2, 0.25) is 0 Å². The van der Waals surface area contributed by atoms with E-state index in [0.29, 0.717) is 6.54 Å². The summed E-state index contributed by atoms with van der Waals surface area (Å²) in [6.45, 7) is 2.43. The summed E-state index contributed by atoms with van der Waals surface area (Å²) in [5, 5.41) is 8.17. The molecule has 3 N–H and O–H groups in total. The summed E-state index contributed by atoms with van der Waals surface area (Å²) >= 11 is 1.44. The van der Waals surface area contributed by atoms with Crippen molar-refractivity contribution in [1.29, 1.82) is 0 Å². The first-order valence-electron chi connectivity index (χ1n) is 4.49. The zero-order valence-electron chi connectivity index (χ0n) is 8.27. The molecule has 0 atom stereocenters. The average Bonchev–Trinajstić information content (AvgIpc) is 2.71. The summed E-state index contributed by atoms with van der Waals surface area (Å²) < 4.78 is 0. The molecule has 0 saturated heterocycles. The summed E-state index contributed by atoms with van der Waals surface area (Å²) in [5.74, 6) is 0. The van der Waals surface area contributed by atoms with E-state index < -0.39 is 0 Å². The molecule has 0 aliphatic carbocycles. The van der Waals surface area contributed by atoms with Crippen LogP contribution in [0.5, 0.6) is 0 Å². The van der Waals surface area contributed by atoms with E-state index in [1.165, 1.54) is 18.1 Å². The largest absolute Gasteiger partial charge is 0.326 e. The number of nitrogens with two attached hydrogens (primary N) is 1. The number of pyridine rings is 1. The highest BCUT2D eigenvalue weighted by atomic mass is 32.2. The standard InChI is InChI=1S/C9H11N5S/c1-6-2-3-7(4-10)8(13-6)15-9-11-5-12-14-9/h2-3,5H,4,10H2,1H3,(H,11,12,14). The molecule has 0 spiro atoms. The molecule has 5 nitrogen and oxygen atoms in total. The van der Waals surface area contributed by atoms with Crippen LogP contribution >= 0.6 is 11.8 Å². The quantitative estimate of drug-likeness (QED) is 0.811. The summed E-state index contributed by atoms with van der Waals surface area (Å²) in [4.78, 5) is 8.45. The highest BCUT2D eigenvalue weighted by Gasteiger charge is 2.07. The van der Waals surface area contributed by atoms with Gasteiger partial charge < -0.3 is 5.73 Å². The number of nitrogens with zero attached hydrogens (tertiary/aromatic N) is 3. The Morgan fingerprint density at radius 3 is 3.00 bits per heavy atom. The van der Waals surface area contributed by atoms with Crippen LogP contribution in [0.3, 0.4) is 0 Å². The van der Waals surface area contributed by atoms with E-state index >= 15 is 0 Å². The number of H-pyrrole nitrogens is 1. The fourth-order valence-corrected chi connectivity index (χ4v) is 1.99. The van der Waals surface area contributed by atoms with Gasteiger partial charge in [0.15, 0.2) is 5.16 Å². The molecule has 0 aromatic carbocycles. The third kappa shape index (κ3) is 2.34. The topological polar surface area (TPSA) is 80.5 Å². The van der Waals surface area contributed by atoms with Crippen molar-refractivity contribution in [2.45, 2.75) is 23.7 Å². The molecule has 0 aliphatic heterocycles. The second-order valence-corrected chi connectivity index (χ2v) is 3.99. The highest BCUT2D eigenvalue weighted by molar-refractivity contribution is 7.99. The molecule has 2 rings (SSSR count). The van der Waals surface area contributed by atoms with Gasteiger partial charge in [-0.15, -0.1) is 0 Å². The Morgan fingerprint density at radius 1 is 1.47 bits per heavy atom. The molecule has 0 aliphatic rings. The van der Waals surface area contributed by atoms with Crippen molar-refractivity contribution in [2.75, 3.05) is 0 Å². The Kier molecular flexibility index (Phi) is 2.98. The van der Waals surface area contributed by atoms with E-state index in [2.05, 4.69) is 20.2 Å². The lowest BCUT2D eigenvalue weighted by Crippen LogP contribution is -2.01. The maximum Gasteiger partial charge on any atom is 0.189 e.